The summed E-state index contributed by atoms with van der Waals surface area (Å²) in [4.78, 5) is 24.1. The van der Waals surface area contributed by atoms with E-state index in [1.54, 1.807) is 25.7 Å². The number of nitrogens with two attached hydrogens (primary N) is 1. The van der Waals surface area contributed by atoms with Crippen molar-refractivity contribution in [1.29, 1.82) is 0 Å². The molecule has 1 saturated heterocycles. The molecule has 104 valence electrons. The third-order valence-corrected chi connectivity index (χ3v) is 2.88. The summed E-state index contributed by atoms with van der Waals surface area (Å²) in [5.74, 6) is -1.09. The summed E-state index contributed by atoms with van der Waals surface area (Å²) in [7, 11) is 0. The van der Waals surface area contributed by atoms with Gasteiger partial charge in [-0.15, -0.1) is 0 Å². The number of carbonyl (C=O) groups is 2. The van der Waals surface area contributed by atoms with Gasteiger partial charge in [-0.1, -0.05) is 0 Å². The van der Waals surface area contributed by atoms with Crippen LogP contribution in [-0.4, -0.2) is 46.8 Å². The Balaban J connectivity index is 2.58. The highest BCUT2D eigenvalue weighted by Crippen LogP contribution is 2.21. The number of nitrogens with zero attached hydrogens (tertiary/aromatic N) is 1. The Morgan fingerprint density at radius 2 is 2.06 bits per heavy atom. The summed E-state index contributed by atoms with van der Waals surface area (Å²) in [6.07, 6.45) is 0.197. The molecule has 0 saturated carbocycles. The lowest BCUT2D eigenvalue weighted by molar-refractivity contribution is -0.138. The van der Waals surface area contributed by atoms with Crippen LogP contribution in [0.25, 0.3) is 0 Å². The van der Waals surface area contributed by atoms with Crippen molar-refractivity contribution in [3.05, 3.63) is 0 Å². The van der Waals surface area contributed by atoms with Gasteiger partial charge < -0.3 is 20.5 Å². The van der Waals surface area contributed by atoms with Crippen LogP contribution in [0.3, 0.4) is 0 Å². The third-order valence-electron chi connectivity index (χ3n) is 2.88. The summed E-state index contributed by atoms with van der Waals surface area (Å²) in [5.41, 5.74) is 5.33. The SMILES string of the molecule is CC(C)(C)OC(=O)N1CC[C@H](N)[C@H](CC(=O)O)C1. The molecule has 0 aromatic heterocycles. The van der Waals surface area contributed by atoms with Crippen molar-refractivity contribution in [2.75, 3.05) is 13.1 Å². The van der Waals surface area contributed by atoms with Crippen molar-refractivity contribution in [3.8, 4) is 0 Å². The van der Waals surface area contributed by atoms with Crippen LogP contribution in [0.15, 0.2) is 0 Å². The predicted octanol–water partition coefficient (Wildman–Crippen LogP) is 1.05. The number of hydrogen-bond acceptors (Lipinski definition) is 4. The number of hydrogen-bond donors (Lipinski definition) is 2. The van der Waals surface area contributed by atoms with Crippen LogP contribution in [-0.2, 0) is 9.53 Å². The van der Waals surface area contributed by atoms with E-state index in [0.717, 1.165) is 0 Å². The van der Waals surface area contributed by atoms with Gasteiger partial charge in [0.1, 0.15) is 5.60 Å². The second-order valence-electron chi connectivity index (χ2n) is 5.74. The lowest BCUT2D eigenvalue weighted by atomic mass is 9.90. The summed E-state index contributed by atoms with van der Waals surface area (Å²) >= 11 is 0. The molecule has 6 heteroatoms. The van der Waals surface area contributed by atoms with Gasteiger partial charge >= 0.3 is 12.1 Å². The van der Waals surface area contributed by atoms with E-state index in [1.165, 1.54) is 0 Å². The van der Waals surface area contributed by atoms with Crippen molar-refractivity contribution in [1.82, 2.24) is 4.90 Å². The average molecular weight is 258 g/mol. The second-order valence-corrected chi connectivity index (χ2v) is 5.74. The molecule has 1 fully saturated rings. The number of rotatable bonds is 2. The quantitative estimate of drug-likeness (QED) is 0.772. The maximum absolute atomic E-state index is 11.9. The van der Waals surface area contributed by atoms with Crippen molar-refractivity contribution >= 4 is 12.1 Å². The van der Waals surface area contributed by atoms with Gasteiger partial charge in [-0.3, -0.25) is 4.79 Å². The Morgan fingerprint density at radius 1 is 1.44 bits per heavy atom. The minimum atomic E-state index is -0.888. The molecule has 1 heterocycles. The van der Waals surface area contributed by atoms with E-state index in [0.29, 0.717) is 19.5 Å². The molecule has 1 rings (SSSR count). The van der Waals surface area contributed by atoms with Crippen LogP contribution in [0.1, 0.15) is 33.6 Å². The van der Waals surface area contributed by atoms with Crippen LogP contribution in [0, 0.1) is 5.92 Å². The molecular formula is C12H22N2O4. The van der Waals surface area contributed by atoms with Gasteiger partial charge in [0.05, 0.1) is 6.42 Å². The van der Waals surface area contributed by atoms with Crippen molar-refractivity contribution in [2.45, 2.75) is 45.3 Å². The van der Waals surface area contributed by atoms with E-state index in [4.69, 9.17) is 15.6 Å². The Kier molecular flexibility index (Phi) is 4.56. The molecule has 0 unspecified atom stereocenters. The monoisotopic (exact) mass is 258 g/mol. The fourth-order valence-corrected chi connectivity index (χ4v) is 1.98. The van der Waals surface area contributed by atoms with Gasteiger partial charge in [0.15, 0.2) is 0 Å². The van der Waals surface area contributed by atoms with Crippen LogP contribution in [0.4, 0.5) is 4.79 Å². The molecule has 18 heavy (non-hydrogen) atoms. The lowest BCUT2D eigenvalue weighted by Gasteiger charge is -2.36. The third kappa shape index (κ3) is 4.52. The molecule has 0 aliphatic carbocycles. The van der Waals surface area contributed by atoms with Gasteiger partial charge in [-0.25, -0.2) is 4.79 Å². The highest BCUT2D eigenvalue weighted by Gasteiger charge is 2.32. The number of likely N-dealkylation sites (tertiary alicyclic amines) is 1. The lowest BCUT2D eigenvalue weighted by Crippen LogP contribution is -2.50. The number of aliphatic carboxylic acids is 1. The normalized spacial score (nSPS) is 24.8. The fourth-order valence-electron chi connectivity index (χ4n) is 1.98. The van der Waals surface area contributed by atoms with Crippen LogP contribution >= 0.6 is 0 Å². The van der Waals surface area contributed by atoms with E-state index in [2.05, 4.69) is 0 Å². The number of ether oxygens (including phenoxy) is 1. The predicted molar refractivity (Wildman–Crippen MR) is 66.1 cm³/mol. The Hall–Kier alpha value is -1.30. The Morgan fingerprint density at radius 3 is 2.56 bits per heavy atom. The van der Waals surface area contributed by atoms with E-state index < -0.39 is 17.7 Å². The van der Waals surface area contributed by atoms with E-state index in [9.17, 15) is 9.59 Å². The van der Waals surface area contributed by atoms with Gasteiger partial charge in [0.25, 0.3) is 0 Å². The molecule has 2 atom stereocenters. The molecule has 0 radical (unpaired) electrons. The highest BCUT2D eigenvalue weighted by atomic mass is 16.6. The summed E-state index contributed by atoms with van der Waals surface area (Å²) < 4.78 is 5.26. The molecule has 6 nitrogen and oxygen atoms in total. The molecule has 0 bridgehead atoms. The summed E-state index contributed by atoms with van der Waals surface area (Å²) in [5, 5.41) is 8.80. The number of piperidine rings is 1. The minimum absolute atomic E-state index is 0.0134. The zero-order valence-corrected chi connectivity index (χ0v) is 11.2. The van der Waals surface area contributed by atoms with E-state index in [-0.39, 0.29) is 18.4 Å². The molecule has 0 aromatic rings. The number of carbonyl (C=O) groups excluding carboxylic acids is 1. The van der Waals surface area contributed by atoms with Gasteiger partial charge in [-0.05, 0) is 27.2 Å². The molecule has 1 aliphatic heterocycles. The van der Waals surface area contributed by atoms with E-state index in [1.807, 2.05) is 0 Å². The standard InChI is InChI=1S/C12H22N2O4/c1-12(2,3)18-11(17)14-5-4-9(13)8(7-14)6-10(15)16/h8-9H,4-7,13H2,1-3H3,(H,15,16)/t8-,9+/m1/s1. The van der Waals surface area contributed by atoms with Gasteiger partial charge in [-0.2, -0.15) is 0 Å². The van der Waals surface area contributed by atoms with Crippen LogP contribution in [0.2, 0.25) is 0 Å². The van der Waals surface area contributed by atoms with Crippen molar-refractivity contribution < 1.29 is 19.4 Å². The summed E-state index contributed by atoms with van der Waals surface area (Å²) in [6.45, 7) is 6.27. The smallest absolute Gasteiger partial charge is 0.410 e. The number of carboxylic acids is 1. The first-order valence-electron chi connectivity index (χ1n) is 6.14. The van der Waals surface area contributed by atoms with Crippen molar-refractivity contribution in [2.24, 2.45) is 11.7 Å². The fraction of sp³-hybridized carbons (Fsp3) is 0.833. The molecule has 1 aliphatic rings. The highest BCUT2D eigenvalue weighted by molar-refractivity contribution is 5.69. The van der Waals surface area contributed by atoms with Gasteiger partial charge in [0.2, 0.25) is 0 Å². The molecule has 1 amide bonds. The molecule has 0 aromatic carbocycles. The number of carboxylic acid groups (broad SMARTS) is 1. The van der Waals surface area contributed by atoms with E-state index >= 15 is 0 Å². The first-order chi connectivity index (χ1) is 8.19. The Labute approximate surface area is 107 Å². The van der Waals surface area contributed by atoms with Crippen molar-refractivity contribution in [3.63, 3.8) is 0 Å². The van der Waals surface area contributed by atoms with Crippen LogP contribution < -0.4 is 5.73 Å². The van der Waals surface area contributed by atoms with Crippen LogP contribution in [0.5, 0.6) is 0 Å². The molecule has 3 N–H and O–H groups in total. The second kappa shape index (κ2) is 5.56. The maximum Gasteiger partial charge on any atom is 0.410 e. The molecule has 0 spiro atoms. The topological polar surface area (TPSA) is 92.9 Å². The Bertz CT molecular complexity index is 325. The zero-order valence-electron chi connectivity index (χ0n) is 11.2. The first-order valence-corrected chi connectivity index (χ1v) is 6.14. The zero-order chi connectivity index (χ0) is 13.9. The molecular weight excluding hydrogens is 236 g/mol. The first kappa shape index (κ1) is 14.8. The maximum atomic E-state index is 11.9. The largest absolute Gasteiger partial charge is 0.481 e. The summed E-state index contributed by atoms with van der Waals surface area (Å²) in [6, 6.07) is -0.167. The van der Waals surface area contributed by atoms with Gasteiger partial charge in [0, 0.05) is 25.0 Å². The number of amides is 1. The minimum Gasteiger partial charge on any atom is -0.481 e. The average Bonchev–Trinajstić information content (AvgIpc) is 2.17.